The largest absolute Gasteiger partial charge is 0.345 e. The lowest BCUT2D eigenvalue weighted by molar-refractivity contribution is -0.132. The highest BCUT2D eigenvalue weighted by atomic mass is 32.2. The second-order valence-corrected chi connectivity index (χ2v) is 8.65. The third-order valence-corrected chi connectivity index (χ3v) is 5.08. The van der Waals surface area contributed by atoms with Crippen LogP contribution in [0.4, 0.5) is 0 Å². The van der Waals surface area contributed by atoms with E-state index in [2.05, 4.69) is 16.0 Å². The number of thioether (sulfide) groups is 1. The minimum Gasteiger partial charge on any atom is -0.345 e. The molecule has 0 aromatic heterocycles. The van der Waals surface area contributed by atoms with Gasteiger partial charge in [0.15, 0.2) is 0 Å². The maximum Gasteiger partial charge on any atom is 0.243 e. The van der Waals surface area contributed by atoms with Crippen LogP contribution < -0.4 is 16.0 Å². The average molecular weight is 436 g/mol. The minimum absolute atomic E-state index is 0.191. The Morgan fingerprint density at radius 2 is 1.63 bits per heavy atom. The van der Waals surface area contributed by atoms with Gasteiger partial charge in [0.25, 0.3) is 0 Å². The molecule has 0 saturated carbocycles. The molecular formula is C22H33N3O4S. The van der Waals surface area contributed by atoms with E-state index in [0.717, 1.165) is 5.56 Å². The number of benzene rings is 1. The number of amides is 3. The van der Waals surface area contributed by atoms with Crippen molar-refractivity contribution in [3.05, 3.63) is 35.9 Å². The summed E-state index contributed by atoms with van der Waals surface area (Å²) in [4.78, 5) is 48.6. The Morgan fingerprint density at radius 1 is 1.00 bits per heavy atom. The second kappa shape index (κ2) is 13.8. The van der Waals surface area contributed by atoms with Gasteiger partial charge in [0, 0.05) is 6.92 Å². The number of rotatable bonds is 13. The highest BCUT2D eigenvalue weighted by Crippen LogP contribution is 2.08. The van der Waals surface area contributed by atoms with E-state index in [1.807, 2.05) is 50.4 Å². The van der Waals surface area contributed by atoms with Gasteiger partial charge in [-0.05, 0) is 42.8 Å². The van der Waals surface area contributed by atoms with Gasteiger partial charge in [-0.1, -0.05) is 44.2 Å². The second-order valence-electron chi connectivity index (χ2n) is 7.67. The lowest BCUT2D eigenvalue weighted by Crippen LogP contribution is -2.55. The third-order valence-electron chi connectivity index (χ3n) is 4.44. The Balaban J connectivity index is 2.84. The summed E-state index contributed by atoms with van der Waals surface area (Å²) in [5.74, 6) is -0.249. The maximum absolute atomic E-state index is 12.8. The summed E-state index contributed by atoms with van der Waals surface area (Å²) in [7, 11) is 0. The van der Waals surface area contributed by atoms with Gasteiger partial charge in [-0.3, -0.25) is 14.4 Å². The fourth-order valence-corrected chi connectivity index (χ4v) is 3.48. The van der Waals surface area contributed by atoms with Crippen LogP contribution in [0.1, 0.15) is 39.2 Å². The molecule has 0 bridgehead atoms. The Morgan fingerprint density at radius 3 is 2.17 bits per heavy atom. The number of hydrogen-bond acceptors (Lipinski definition) is 5. The molecule has 1 aromatic carbocycles. The number of carbonyl (C=O) groups is 4. The number of hydrogen-bond donors (Lipinski definition) is 3. The van der Waals surface area contributed by atoms with Crippen molar-refractivity contribution in [2.75, 3.05) is 12.0 Å². The van der Waals surface area contributed by atoms with Crippen LogP contribution in [0.2, 0.25) is 0 Å². The van der Waals surface area contributed by atoms with E-state index < -0.39 is 29.9 Å². The fraction of sp³-hybridized carbons (Fsp3) is 0.545. The van der Waals surface area contributed by atoms with Crippen LogP contribution in [-0.2, 0) is 25.6 Å². The van der Waals surface area contributed by atoms with Gasteiger partial charge in [0.2, 0.25) is 17.7 Å². The molecule has 3 N–H and O–H groups in total. The first-order valence-corrected chi connectivity index (χ1v) is 11.5. The molecule has 0 radical (unpaired) electrons. The van der Waals surface area contributed by atoms with E-state index in [1.165, 1.54) is 6.92 Å². The van der Waals surface area contributed by atoms with Gasteiger partial charge >= 0.3 is 0 Å². The monoisotopic (exact) mass is 435 g/mol. The predicted molar refractivity (Wildman–Crippen MR) is 120 cm³/mol. The molecule has 0 aliphatic carbocycles. The van der Waals surface area contributed by atoms with Crippen molar-refractivity contribution in [3.8, 4) is 0 Å². The van der Waals surface area contributed by atoms with E-state index in [9.17, 15) is 19.2 Å². The molecule has 0 fully saturated rings. The van der Waals surface area contributed by atoms with Crippen LogP contribution in [0.3, 0.4) is 0 Å². The fourth-order valence-electron chi connectivity index (χ4n) is 3.01. The average Bonchev–Trinajstić information content (AvgIpc) is 2.69. The number of aldehydes is 1. The van der Waals surface area contributed by atoms with Crippen LogP contribution in [-0.4, -0.2) is 54.1 Å². The van der Waals surface area contributed by atoms with Gasteiger partial charge in [-0.15, -0.1) is 0 Å². The van der Waals surface area contributed by atoms with Gasteiger partial charge < -0.3 is 20.7 Å². The molecule has 0 saturated heterocycles. The number of carbonyl (C=O) groups excluding carboxylic acids is 4. The molecule has 3 atom stereocenters. The van der Waals surface area contributed by atoms with E-state index >= 15 is 0 Å². The standard InChI is InChI=1S/C22H33N3O4S/c1-15(2)12-20(23-16(3)27)22(29)25-19(10-11-30-4)21(28)24-18(14-26)13-17-8-6-5-7-9-17/h5-9,14-15,18-20H,10-13H2,1-4H3,(H,23,27)(H,24,28)(H,25,29)/t18-,19-,20-/m0/s1. The first-order chi connectivity index (χ1) is 14.3. The van der Waals surface area contributed by atoms with Gasteiger partial charge in [-0.2, -0.15) is 11.8 Å². The molecule has 30 heavy (non-hydrogen) atoms. The Labute approximate surface area is 183 Å². The first-order valence-electron chi connectivity index (χ1n) is 10.1. The summed E-state index contributed by atoms with van der Waals surface area (Å²) >= 11 is 1.56. The van der Waals surface area contributed by atoms with Crippen molar-refractivity contribution in [1.29, 1.82) is 0 Å². The highest BCUT2D eigenvalue weighted by Gasteiger charge is 2.27. The van der Waals surface area contributed by atoms with Crippen LogP contribution in [0.5, 0.6) is 0 Å². The van der Waals surface area contributed by atoms with Crippen LogP contribution in [0.25, 0.3) is 0 Å². The van der Waals surface area contributed by atoms with Gasteiger partial charge in [-0.25, -0.2) is 0 Å². The molecule has 0 unspecified atom stereocenters. The zero-order valence-electron chi connectivity index (χ0n) is 18.1. The summed E-state index contributed by atoms with van der Waals surface area (Å²) in [6.07, 6.45) is 3.88. The van der Waals surface area contributed by atoms with E-state index in [4.69, 9.17) is 0 Å². The number of nitrogens with one attached hydrogen (secondary N) is 3. The van der Waals surface area contributed by atoms with Crippen LogP contribution in [0.15, 0.2) is 30.3 Å². The molecule has 1 aromatic rings. The molecular weight excluding hydrogens is 402 g/mol. The summed E-state index contributed by atoms with van der Waals surface area (Å²) in [5.41, 5.74) is 0.933. The normalized spacial score (nSPS) is 13.8. The Kier molecular flexibility index (Phi) is 11.8. The lowest BCUT2D eigenvalue weighted by atomic mass is 10.0. The van der Waals surface area contributed by atoms with Crippen molar-refractivity contribution in [3.63, 3.8) is 0 Å². The molecule has 0 spiro atoms. The lowest BCUT2D eigenvalue weighted by Gasteiger charge is -2.24. The summed E-state index contributed by atoms with van der Waals surface area (Å²) < 4.78 is 0. The third kappa shape index (κ3) is 9.91. The van der Waals surface area contributed by atoms with Crippen molar-refractivity contribution in [2.45, 2.75) is 58.2 Å². The van der Waals surface area contributed by atoms with Gasteiger partial charge in [0.05, 0.1) is 6.04 Å². The molecule has 0 heterocycles. The molecule has 0 aliphatic heterocycles. The van der Waals surface area contributed by atoms with Crippen molar-refractivity contribution in [1.82, 2.24) is 16.0 Å². The van der Waals surface area contributed by atoms with Gasteiger partial charge in [0.1, 0.15) is 18.4 Å². The maximum atomic E-state index is 12.8. The van der Waals surface area contributed by atoms with Crippen molar-refractivity contribution >= 4 is 35.8 Å². The topological polar surface area (TPSA) is 104 Å². The van der Waals surface area contributed by atoms with Crippen molar-refractivity contribution in [2.24, 2.45) is 5.92 Å². The summed E-state index contributed by atoms with van der Waals surface area (Å²) in [5, 5.41) is 8.14. The summed E-state index contributed by atoms with van der Waals surface area (Å²) in [6.45, 7) is 5.27. The zero-order valence-corrected chi connectivity index (χ0v) is 19.0. The highest BCUT2D eigenvalue weighted by molar-refractivity contribution is 7.98. The molecule has 0 aliphatic rings. The van der Waals surface area contributed by atoms with E-state index in [1.54, 1.807) is 11.8 Å². The molecule has 166 valence electrons. The zero-order chi connectivity index (χ0) is 22.5. The minimum atomic E-state index is -0.786. The quantitative estimate of drug-likeness (QED) is 0.409. The molecule has 3 amide bonds. The smallest absolute Gasteiger partial charge is 0.243 e. The molecule has 7 nitrogen and oxygen atoms in total. The van der Waals surface area contributed by atoms with E-state index in [0.29, 0.717) is 31.3 Å². The molecule has 8 heteroatoms. The van der Waals surface area contributed by atoms with Crippen LogP contribution in [0, 0.1) is 5.92 Å². The summed E-state index contributed by atoms with van der Waals surface area (Å²) in [6, 6.07) is 7.23. The van der Waals surface area contributed by atoms with Crippen molar-refractivity contribution < 1.29 is 19.2 Å². The predicted octanol–water partition coefficient (Wildman–Crippen LogP) is 1.70. The Bertz CT molecular complexity index is 697. The van der Waals surface area contributed by atoms with E-state index in [-0.39, 0.29) is 11.8 Å². The van der Waals surface area contributed by atoms with Crippen LogP contribution >= 0.6 is 11.8 Å². The SMILES string of the molecule is CSCC[C@H](NC(=O)[C@H](CC(C)C)NC(C)=O)C(=O)N[C@H](C=O)Cc1ccccc1. The molecule has 1 rings (SSSR count). The first kappa shape index (κ1) is 25.7. The Hall–Kier alpha value is -2.35.